The molecule has 10 fully saturated rings. The molecule has 0 aromatic rings. The van der Waals surface area contributed by atoms with E-state index in [0.29, 0.717) is 47.7 Å². The van der Waals surface area contributed by atoms with Crippen LogP contribution in [0.2, 0.25) is 0 Å². The van der Waals surface area contributed by atoms with Gasteiger partial charge in [0.05, 0.1) is 18.3 Å². The van der Waals surface area contributed by atoms with E-state index in [9.17, 15) is 5.11 Å². The minimum absolute atomic E-state index is 0.158. The van der Waals surface area contributed by atoms with Crippen molar-refractivity contribution >= 4 is 0 Å². The maximum atomic E-state index is 11.6. The van der Waals surface area contributed by atoms with E-state index in [0.717, 1.165) is 51.4 Å². The topological polar surface area (TPSA) is 94.1 Å². The Kier molecular flexibility index (Phi) is 7.77. The largest absolute Gasteiger partial charge is 0.384 e. The molecule has 2 aliphatic carbocycles. The second-order valence-corrected chi connectivity index (χ2v) is 17.0. The lowest BCUT2D eigenvalue weighted by Gasteiger charge is -2.60. The summed E-state index contributed by atoms with van der Waals surface area (Å²) in [5.74, 6) is 0.899. The van der Waals surface area contributed by atoms with Crippen LogP contribution >= 0.6 is 0 Å². The molecule has 1 N–H and O–H groups in total. The average Bonchev–Trinajstić information content (AvgIpc) is 3.39. The van der Waals surface area contributed by atoms with Gasteiger partial charge in [0.15, 0.2) is 23.8 Å². The van der Waals surface area contributed by atoms with Crippen LogP contribution in [0.3, 0.4) is 0 Å². The van der Waals surface area contributed by atoms with Crippen LogP contribution in [0.15, 0.2) is 24.3 Å². The van der Waals surface area contributed by atoms with Crippen LogP contribution in [0.25, 0.3) is 0 Å². The Hall–Kier alpha value is -0.880. The number of fused-ring (bicyclic) bond motifs is 4. The van der Waals surface area contributed by atoms with Gasteiger partial charge in [0.1, 0.15) is 0 Å². The van der Waals surface area contributed by atoms with E-state index in [2.05, 4.69) is 40.9 Å². The molecule has 2 saturated carbocycles. The second kappa shape index (κ2) is 11.1. The third-order valence-electron chi connectivity index (χ3n) is 14.3. The van der Waals surface area contributed by atoms with Gasteiger partial charge in [-0.2, -0.15) is 0 Å². The van der Waals surface area contributed by atoms with Crippen molar-refractivity contribution < 1.29 is 43.6 Å². The van der Waals surface area contributed by atoms with Crippen molar-refractivity contribution in [2.24, 2.45) is 47.3 Å². The normalized spacial score (nSPS) is 56.2. The van der Waals surface area contributed by atoms with Gasteiger partial charge < -0.3 is 24.1 Å². The van der Waals surface area contributed by atoms with Crippen LogP contribution < -0.4 is 0 Å². The first-order valence-corrected chi connectivity index (χ1v) is 18.2. The van der Waals surface area contributed by atoms with Crippen molar-refractivity contribution in [3.05, 3.63) is 24.3 Å². The van der Waals surface area contributed by atoms with Gasteiger partial charge in [-0.3, -0.25) is 0 Å². The number of hydrogen-bond donors (Lipinski definition) is 1. The summed E-state index contributed by atoms with van der Waals surface area (Å²) < 4.78 is 26.7. The van der Waals surface area contributed by atoms with Crippen LogP contribution in [-0.4, -0.2) is 58.8 Å². The molecule has 8 heterocycles. The van der Waals surface area contributed by atoms with Gasteiger partial charge in [0.2, 0.25) is 11.6 Å². The van der Waals surface area contributed by atoms with Crippen LogP contribution in [0, 0.1) is 47.3 Å². The molecule has 17 atom stereocenters. The van der Waals surface area contributed by atoms with Crippen LogP contribution in [-0.2, 0) is 38.5 Å². The molecule has 8 aliphatic heterocycles. The highest BCUT2D eigenvalue weighted by atomic mass is 17.3. The van der Waals surface area contributed by atoms with Gasteiger partial charge in [-0.05, 0) is 112 Å². The Labute approximate surface area is 274 Å². The molecular formula is C37H56O9. The number of hydrogen-bond acceptors (Lipinski definition) is 9. The summed E-state index contributed by atoms with van der Waals surface area (Å²) in [5, 5.41) is 11.6. The van der Waals surface area contributed by atoms with Crippen LogP contribution in [0.5, 0.6) is 0 Å². The SMILES string of the molecule is C=C(C[C@H]1OC2O[C@]3(C)CC[C@H]4[C@H](C)CC[C@@H]([C@H]1C)[C@@]24OO3)C(O)C(=C)C[C@H]1O[C@@H]2O[C@]3(C)CC[C@H]4[C@H](C)CC[C@@H]([C@H]1C)[C@@]24OO3. The van der Waals surface area contributed by atoms with E-state index in [4.69, 9.17) is 38.5 Å². The molecule has 0 amide bonds. The van der Waals surface area contributed by atoms with E-state index in [1.165, 1.54) is 0 Å². The van der Waals surface area contributed by atoms with Crippen molar-refractivity contribution in [1.82, 2.24) is 0 Å². The summed E-state index contributed by atoms with van der Waals surface area (Å²) in [4.78, 5) is 24.6. The van der Waals surface area contributed by atoms with Crippen molar-refractivity contribution in [3.8, 4) is 0 Å². The third-order valence-corrected chi connectivity index (χ3v) is 14.3. The monoisotopic (exact) mass is 644 g/mol. The van der Waals surface area contributed by atoms with E-state index in [1.54, 1.807) is 0 Å². The van der Waals surface area contributed by atoms with Crippen molar-refractivity contribution in [2.45, 2.75) is 159 Å². The van der Waals surface area contributed by atoms with Crippen LogP contribution in [0.1, 0.15) is 106 Å². The second-order valence-electron chi connectivity index (χ2n) is 17.0. The summed E-state index contributed by atoms with van der Waals surface area (Å²) in [7, 11) is 0. The highest BCUT2D eigenvalue weighted by molar-refractivity contribution is 5.22. The zero-order chi connectivity index (χ0) is 32.4. The molecule has 2 unspecified atom stereocenters. The number of aliphatic hydroxyl groups is 1. The van der Waals surface area contributed by atoms with Gasteiger partial charge in [-0.25, -0.2) is 19.6 Å². The molecule has 0 aromatic heterocycles. The summed E-state index contributed by atoms with van der Waals surface area (Å²) in [6, 6.07) is 0. The number of ether oxygens (including phenoxy) is 4. The third kappa shape index (κ3) is 4.59. The zero-order valence-corrected chi connectivity index (χ0v) is 28.7. The lowest BCUT2D eigenvalue weighted by molar-refractivity contribution is -0.571. The molecule has 10 aliphatic rings. The summed E-state index contributed by atoms with van der Waals surface area (Å²) in [6.45, 7) is 21.8. The smallest absolute Gasteiger partial charge is 0.201 e. The molecule has 9 heteroatoms. The highest BCUT2D eigenvalue weighted by Gasteiger charge is 2.70. The predicted octanol–water partition coefficient (Wildman–Crippen LogP) is 6.74. The first-order chi connectivity index (χ1) is 21.8. The van der Waals surface area contributed by atoms with E-state index in [1.807, 2.05) is 13.8 Å². The zero-order valence-electron chi connectivity index (χ0n) is 28.7. The highest BCUT2D eigenvalue weighted by Crippen LogP contribution is 2.62. The fourth-order valence-electron chi connectivity index (χ4n) is 11.5. The summed E-state index contributed by atoms with van der Waals surface area (Å²) in [5.41, 5.74) is 0.225. The molecule has 258 valence electrons. The molecule has 46 heavy (non-hydrogen) atoms. The quantitative estimate of drug-likeness (QED) is 0.249. The first kappa shape index (κ1) is 32.3. The molecule has 2 spiro atoms. The van der Waals surface area contributed by atoms with Crippen molar-refractivity contribution in [2.75, 3.05) is 0 Å². The average molecular weight is 645 g/mol. The fraction of sp³-hybridized carbons (Fsp3) is 0.892. The van der Waals surface area contributed by atoms with Gasteiger partial charge in [0, 0.05) is 24.7 Å². The van der Waals surface area contributed by atoms with Gasteiger partial charge in [0.25, 0.3) is 0 Å². The molecule has 8 saturated heterocycles. The predicted molar refractivity (Wildman–Crippen MR) is 167 cm³/mol. The Morgan fingerprint density at radius 3 is 1.46 bits per heavy atom. The minimum Gasteiger partial charge on any atom is -0.384 e. The lowest BCUT2D eigenvalue weighted by Crippen LogP contribution is -2.70. The van der Waals surface area contributed by atoms with E-state index >= 15 is 0 Å². The first-order valence-electron chi connectivity index (χ1n) is 18.2. The molecule has 0 radical (unpaired) electrons. The number of rotatable bonds is 6. The minimum atomic E-state index is -0.871. The van der Waals surface area contributed by atoms with Gasteiger partial charge in [-0.1, -0.05) is 40.9 Å². The van der Waals surface area contributed by atoms with E-state index in [-0.39, 0.29) is 35.9 Å². The van der Waals surface area contributed by atoms with Crippen molar-refractivity contribution in [3.63, 3.8) is 0 Å². The molecule has 9 nitrogen and oxygen atoms in total. The lowest BCUT2D eigenvalue weighted by atomic mass is 9.57. The Morgan fingerprint density at radius 1 is 0.630 bits per heavy atom. The fourth-order valence-corrected chi connectivity index (χ4v) is 11.5. The molecular weight excluding hydrogens is 588 g/mol. The van der Waals surface area contributed by atoms with Gasteiger partial charge in [-0.15, -0.1) is 0 Å². The molecule has 10 rings (SSSR count). The Balaban J connectivity index is 0.962. The standard InChI is InChI=1S/C37H56O9/c1-19-9-11-27-23(5)29(39-32-36(27)25(19)13-15-34(7,41-32)43-45-36)17-21(3)31(38)22(4)18-30-24(6)28-12-10-20(2)26-14-16-35(8)42-33(40-30)37(26,28)46-44-35/h19-20,23-33,38H,3-4,9-18H2,1-2,5-8H3/t19-,20-,23-,24-,25+,26+,27+,28+,29-,30-,31?,32-,33?,34+,35+,36-,37-/m1/s1. The van der Waals surface area contributed by atoms with Crippen LogP contribution in [0.4, 0.5) is 0 Å². The van der Waals surface area contributed by atoms with Gasteiger partial charge >= 0.3 is 0 Å². The Morgan fingerprint density at radius 2 is 1.04 bits per heavy atom. The summed E-state index contributed by atoms with van der Waals surface area (Å²) >= 11 is 0. The molecule has 4 bridgehead atoms. The summed E-state index contributed by atoms with van der Waals surface area (Å²) in [6.07, 6.45) is 6.82. The maximum Gasteiger partial charge on any atom is 0.201 e. The maximum absolute atomic E-state index is 11.6. The van der Waals surface area contributed by atoms with Crippen molar-refractivity contribution in [1.29, 1.82) is 0 Å². The number of aliphatic hydroxyl groups excluding tert-OH is 1. The van der Waals surface area contributed by atoms with E-state index < -0.39 is 41.5 Å². The Bertz CT molecular complexity index is 1150. The molecule has 0 aromatic carbocycles.